The van der Waals surface area contributed by atoms with Gasteiger partial charge < -0.3 is 18.8 Å². The average Bonchev–Trinajstić information content (AvgIpc) is 3.21. The Morgan fingerprint density at radius 2 is 1.83 bits per heavy atom. The van der Waals surface area contributed by atoms with Crippen LogP contribution in [0.25, 0.3) is 11.4 Å². The van der Waals surface area contributed by atoms with E-state index in [1.54, 1.807) is 44.2 Å². The fourth-order valence-corrected chi connectivity index (χ4v) is 3.83. The molecule has 0 radical (unpaired) electrons. The summed E-state index contributed by atoms with van der Waals surface area (Å²) in [5.74, 6) is 3.69. The predicted octanol–water partition coefficient (Wildman–Crippen LogP) is 4.36. The molecule has 3 aromatic rings. The SMILES string of the molecule is CCn1c(SCCCOc2ccc(C=O)cc2OC)nnc1-c1ccc(OC)cc1. The summed E-state index contributed by atoms with van der Waals surface area (Å²) in [5, 5.41) is 9.62. The van der Waals surface area contributed by atoms with Crippen molar-refractivity contribution in [1.29, 1.82) is 0 Å². The number of aromatic nitrogens is 3. The average molecular weight is 428 g/mol. The van der Waals surface area contributed by atoms with E-state index in [2.05, 4.69) is 21.7 Å². The van der Waals surface area contributed by atoms with Crippen LogP contribution in [0.15, 0.2) is 47.6 Å². The Balaban J connectivity index is 1.55. The molecule has 7 nitrogen and oxygen atoms in total. The van der Waals surface area contributed by atoms with Crippen LogP contribution in [0, 0.1) is 0 Å². The number of aldehydes is 1. The normalized spacial score (nSPS) is 10.6. The molecule has 158 valence electrons. The first-order valence-corrected chi connectivity index (χ1v) is 10.6. The molecule has 0 fully saturated rings. The van der Waals surface area contributed by atoms with Gasteiger partial charge in [0.1, 0.15) is 12.0 Å². The molecule has 0 saturated heterocycles. The Kier molecular flexibility index (Phi) is 7.73. The largest absolute Gasteiger partial charge is 0.497 e. The quantitative estimate of drug-likeness (QED) is 0.256. The summed E-state index contributed by atoms with van der Waals surface area (Å²) in [6.45, 7) is 3.40. The molecule has 0 amide bonds. The van der Waals surface area contributed by atoms with Crippen LogP contribution in [-0.2, 0) is 6.54 Å². The number of ether oxygens (including phenoxy) is 3. The second-order valence-corrected chi connectivity index (χ2v) is 7.42. The van der Waals surface area contributed by atoms with Gasteiger partial charge in [0.25, 0.3) is 0 Å². The highest BCUT2D eigenvalue weighted by atomic mass is 32.2. The lowest BCUT2D eigenvalue weighted by Crippen LogP contribution is -2.03. The molecular weight excluding hydrogens is 402 g/mol. The van der Waals surface area contributed by atoms with Crippen molar-refractivity contribution < 1.29 is 19.0 Å². The van der Waals surface area contributed by atoms with E-state index in [1.165, 1.54) is 0 Å². The zero-order valence-corrected chi connectivity index (χ0v) is 18.1. The smallest absolute Gasteiger partial charge is 0.191 e. The minimum Gasteiger partial charge on any atom is -0.497 e. The molecule has 1 heterocycles. The molecular formula is C22H25N3O4S. The first-order valence-electron chi connectivity index (χ1n) is 9.66. The summed E-state index contributed by atoms with van der Waals surface area (Å²) in [4.78, 5) is 10.9. The Morgan fingerprint density at radius 1 is 1.03 bits per heavy atom. The van der Waals surface area contributed by atoms with Crippen molar-refractivity contribution in [3.63, 3.8) is 0 Å². The molecule has 30 heavy (non-hydrogen) atoms. The van der Waals surface area contributed by atoms with Gasteiger partial charge in [0.2, 0.25) is 0 Å². The number of thioether (sulfide) groups is 1. The van der Waals surface area contributed by atoms with Crippen LogP contribution in [-0.4, -0.2) is 47.6 Å². The molecule has 0 unspecified atom stereocenters. The van der Waals surface area contributed by atoms with Crippen molar-refractivity contribution >= 4 is 18.0 Å². The lowest BCUT2D eigenvalue weighted by atomic mass is 10.2. The van der Waals surface area contributed by atoms with Crippen molar-refractivity contribution in [2.24, 2.45) is 0 Å². The van der Waals surface area contributed by atoms with Gasteiger partial charge in [-0.2, -0.15) is 0 Å². The highest BCUT2D eigenvalue weighted by Gasteiger charge is 2.13. The van der Waals surface area contributed by atoms with Gasteiger partial charge in [-0.15, -0.1) is 10.2 Å². The number of hydrogen-bond acceptors (Lipinski definition) is 7. The zero-order valence-electron chi connectivity index (χ0n) is 17.3. The van der Waals surface area contributed by atoms with Crippen LogP contribution in [0.2, 0.25) is 0 Å². The maximum Gasteiger partial charge on any atom is 0.191 e. The van der Waals surface area contributed by atoms with E-state index in [0.717, 1.165) is 47.3 Å². The molecule has 0 aliphatic rings. The summed E-state index contributed by atoms with van der Waals surface area (Å²) >= 11 is 1.65. The highest BCUT2D eigenvalue weighted by Crippen LogP contribution is 2.28. The standard InChI is InChI=1S/C22H25N3O4S/c1-4-25-21(17-7-9-18(27-2)10-8-17)23-24-22(25)30-13-5-12-29-19-11-6-16(15-26)14-20(19)28-3/h6-11,14-15H,4-5,12-13H2,1-3H3. The maximum absolute atomic E-state index is 10.9. The third-order valence-corrected chi connectivity index (χ3v) is 5.54. The van der Waals surface area contributed by atoms with Gasteiger partial charge in [-0.3, -0.25) is 4.79 Å². The summed E-state index contributed by atoms with van der Waals surface area (Å²) in [6.07, 6.45) is 1.62. The van der Waals surface area contributed by atoms with Gasteiger partial charge >= 0.3 is 0 Å². The lowest BCUT2D eigenvalue weighted by molar-refractivity contribution is 0.112. The van der Waals surface area contributed by atoms with E-state index in [9.17, 15) is 4.79 Å². The lowest BCUT2D eigenvalue weighted by Gasteiger charge is -2.11. The minimum absolute atomic E-state index is 0.537. The number of nitrogens with zero attached hydrogens (tertiary/aromatic N) is 3. The van der Waals surface area contributed by atoms with Gasteiger partial charge in [-0.25, -0.2) is 0 Å². The molecule has 0 N–H and O–H groups in total. The third-order valence-electron chi connectivity index (χ3n) is 4.48. The van der Waals surface area contributed by atoms with Crippen molar-refractivity contribution in [2.45, 2.75) is 25.0 Å². The van der Waals surface area contributed by atoms with Gasteiger partial charge in [-0.05, 0) is 55.8 Å². The highest BCUT2D eigenvalue weighted by molar-refractivity contribution is 7.99. The van der Waals surface area contributed by atoms with Gasteiger partial charge in [-0.1, -0.05) is 11.8 Å². The molecule has 0 bridgehead atoms. The topological polar surface area (TPSA) is 75.5 Å². The number of methoxy groups -OCH3 is 2. The summed E-state index contributed by atoms with van der Waals surface area (Å²) in [7, 11) is 3.21. The van der Waals surface area contributed by atoms with E-state index in [1.807, 2.05) is 24.3 Å². The summed E-state index contributed by atoms with van der Waals surface area (Å²) < 4.78 is 18.4. The molecule has 0 aliphatic carbocycles. The van der Waals surface area contributed by atoms with Crippen molar-refractivity contribution in [3.8, 4) is 28.6 Å². The van der Waals surface area contributed by atoms with Crippen LogP contribution in [0.3, 0.4) is 0 Å². The van der Waals surface area contributed by atoms with E-state index < -0.39 is 0 Å². The second-order valence-electron chi connectivity index (χ2n) is 6.36. The predicted molar refractivity (Wildman–Crippen MR) is 117 cm³/mol. The Labute approximate surface area is 180 Å². The Hall–Kier alpha value is -3.00. The molecule has 0 spiro atoms. The molecule has 2 aromatic carbocycles. The monoisotopic (exact) mass is 427 g/mol. The van der Waals surface area contributed by atoms with Crippen LogP contribution in [0.1, 0.15) is 23.7 Å². The van der Waals surface area contributed by atoms with Gasteiger partial charge in [0.05, 0.1) is 20.8 Å². The van der Waals surface area contributed by atoms with Crippen molar-refractivity contribution in [2.75, 3.05) is 26.6 Å². The van der Waals surface area contributed by atoms with Crippen LogP contribution in [0.5, 0.6) is 17.2 Å². The van der Waals surface area contributed by atoms with E-state index in [-0.39, 0.29) is 0 Å². The number of carbonyl (C=O) groups is 1. The van der Waals surface area contributed by atoms with Gasteiger partial charge in [0, 0.05) is 23.4 Å². The van der Waals surface area contributed by atoms with E-state index in [4.69, 9.17) is 14.2 Å². The van der Waals surface area contributed by atoms with Crippen molar-refractivity contribution in [3.05, 3.63) is 48.0 Å². The first-order chi connectivity index (χ1) is 14.7. The molecule has 8 heteroatoms. The summed E-state index contributed by atoms with van der Waals surface area (Å²) in [6, 6.07) is 12.9. The Bertz CT molecular complexity index is 973. The van der Waals surface area contributed by atoms with E-state index >= 15 is 0 Å². The summed E-state index contributed by atoms with van der Waals surface area (Å²) in [5.41, 5.74) is 1.56. The fourth-order valence-electron chi connectivity index (χ4n) is 2.92. The van der Waals surface area contributed by atoms with Gasteiger partial charge in [0.15, 0.2) is 22.5 Å². The molecule has 0 atom stereocenters. The number of benzene rings is 2. The van der Waals surface area contributed by atoms with Crippen molar-refractivity contribution in [1.82, 2.24) is 14.8 Å². The molecule has 1 aromatic heterocycles. The number of carbonyl (C=O) groups excluding carboxylic acids is 1. The number of rotatable bonds is 11. The maximum atomic E-state index is 10.9. The minimum atomic E-state index is 0.537. The second kappa shape index (κ2) is 10.7. The molecule has 0 saturated carbocycles. The van der Waals surface area contributed by atoms with Crippen LogP contribution < -0.4 is 14.2 Å². The van der Waals surface area contributed by atoms with Crippen LogP contribution in [0.4, 0.5) is 0 Å². The van der Waals surface area contributed by atoms with Crippen LogP contribution >= 0.6 is 11.8 Å². The molecule has 0 aliphatic heterocycles. The third kappa shape index (κ3) is 5.13. The number of hydrogen-bond donors (Lipinski definition) is 0. The zero-order chi connectivity index (χ0) is 21.3. The first kappa shape index (κ1) is 21.7. The molecule has 3 rings (SSSR count). The Morgan fingerprint density at radius 3 is 2.50 bits per heavy atom. The fraction of sp³-hybridized carbons (Fsp3) is 0.318. The van der Waals surface area contributed by atoms with E-state index in [0.29, 0.717) is 23.7 Å².